The molecule has 0 amide bonds. The van der Waals surface area contributed by atoms with Crippen LogP contribution in [-0.4, -0.2) is 4.57 Å². The summed E-state index contributed by atoms with van der Waals surface area (Å²) in [5.41, 5.74) is 11.4. The predicted octanol–water partition coefficient (Wildman–Crippen LogP) is 12.7. The Balaban J connectivity index is 1.35. The molecule has 0 saturated carbocycles. The molecule has 44 heavy (non-hydrogen) atoms. The maximum atomic E-state index is 2.38. The van der Waals surface area contributed by atoms with E-state index >= 15 is 0 Å². The zero-order chi connectivity index (χ0) is 30.2. The van der Waals surface area contributed by atoms with Crippen molar-refractivity contribution < 1.29 is 0 Å². The fraction of sp³-hybridized carbons (Fsp3) is 0.143. The van der Waals surface area contributed by atoms with Gasteiger partial charge in [0.15, 0.2) is 0 Å². The van der Waals surface area contributed by atoms with E-state index in [0.717, 1.165) is 0 Å². The highest BCUT2D eigenvalue weighted by atomic mass is 32.1. The van der Waals surface area contributed by atoms with Crippen LogP contribution in [0.5, 0.6) is 0 Å². The van der Waals surface area contributed by atoms with Crippen LogP contribution in [0.25, 0.3) is 66.8 Å². The molecule has 0 aliphatic heterocycles. The summed E-state index contributed by atoms with van der Waals surface area (Å²) in [4.78, 5) is 2.52. The zero-order valence-electron chi connectivity index (χ0n) is 25.8. The first-order valence-corrected chi connectivity index (χ1v) is 16.4. The lowest BCUT2D eigenvalue weighted by molar-refractivity contribution is 0.867. The number of hydrogen-bond donors (Lipinski definition) is 0. The van der Waals surface area contributed by atoms with Crippen LogP contribution in [0, 0.1) is 0 Å². The molecule has 0 fully saturated rings. The SMILES string of the molecule is CC(C)c1ccc(-c2ccc3c4ccc(-c5ccc(C(C)C)cc5)cc4n(/C=C/c4ccc(-c5ccccc5)s4)c3c2)cc1. The summed E-state index contributed by atoms with van der Waals surface area (Å²) in [5, 5.41) is 2.54. The third-order valence-corrected chi connectivity index (χ3v) is 9.80. The van der Waals surface area contributed by atoms with Gasteiger partial charge in [0.25, 0.3) is 0 Å². The molecular weight excluding hydrogens is 551 g/mol. The first-order chi connectivity index (χ1) is 21.4. The zero-order valence-corrected chi connectivity index (χ0v) is 26.6. The molecule has 0 radical (unpaired) electrons. The molecule has 0 aliphatic carbocycles. The Kier molecular flexibility index (Phi) is 7.54. The number of rotatable bonds is 7. The van der Waals surface area contributed by atoms with Gasteiger partial charge in [0, 0.05) is 26.7 Å². The highest BCUT2D eigenvalue weighted by Crippen LogP contribution is 2.36. The Morgan fingerprint density at radius 3 is 1.50 bits per heavy atom. The van der Waals surface area contributed by atoms with Gasteiger partial charge in [-0.3, -0.25) is 0 Å². The van der Waals surface area contributed by atoms with Crippen molar-refractivity contribution in [3.63, 3.8) is 0 Å². The summed E-state index contributed by atoms with van der Waals surface area (Å²) >= 11 is 1.83. The smallest absolute Gasteiger partial charge is 0.0541 e. The van der Waals surface area contributed by atoms with E-state index in [-0.39, 0.29) is 0 Å². The second-order valence-corrected chi connectivity index (χ2v) is 13.4. The minimum Gasteiger partial charge on any atom is -0.316 e. The van der Waals surface area contributed by atoms with Gasteiger partial charge >= 0.3 is 0 Å². The molecule has 0 atom stereocenters. The molecule has 1 nitrogen and oxygen atoms in total. The van der Waals surface area contributed by atoms with Crippen molar-refractivity contribution in [2.75, 3.05) is 0 Å². The van der Waals surface area contributed by atoms with Gasteiger partial charge in [-0.05, 0) is 81.1 Å². The maximum absolute atomic E-state index is 2.38. The van der Waals surface area contributed by atoms with Gasteiger partial charge in [-0.1, -0.05) is 131 Å². The number of fused-ring (bicyclic) bond motifs is 3. The lowest BCUT2D eigenvalue weighted by atomic mass is 9.97. The third kappa shape index (κ3) is 5.42. The Bertz CT molecular complexity index is 1980. The number of benzene rings is 5. The van der Waals surface area contributed by atoms with Gasteiger partial charge in [0.05, 0.1) is 11.0 Å². The summed E-state index contributed by atoms with van der Waals surface area (Å²) in [7, 11) is 0. The van der Waals surface area contributed by atoms with E-state index in [2.05, 4.69) is 172 Å². The van der Waals surface area contributed by atoms with Gasteiger partial charge in [-0.15, -0.1) is 11.3 Å². The highest BCUT2D eigenvalue weighted by molar-refractivity contribution is 7.16. The molecular formula is C42H37NS. The van der Waals surface area contributed by atoms with Gasteiger partial charge in [0.1, 0.15) is 0 Å². The van der Waals surface area contributed by atoms with E-state index in [1.165, 1.54) is 70.5 Å². The minimum atomic E-state index is 0.523. The van der Waals surface area contributed by atoms with E-state index in [4.69, 9.17) is 0 Å². The Labute approximate surface area is 264 Å². The van der Waals surface area contributed by atoms with Crippen molar-refractivity contribution in [1.82, 2.24) is 4.57 Å². The summed E-state index contributed by atoms with van der Waals surface area (Å²) < 4.78 is 2.38. The van der Waals surface area contributed by atoms with E-state index in [1.54, 1.807) is 0 Å². The topological polar surface area (TPSA) is 4.93 Å². The molecule has 0 N–H and O–H groups in total. The second-order valence-electron chi connectivity index (χ2n) is 12.3. The summed E-state index contributed by atoms with van der Waals surface area (Å²) in [6, 6.07) is 47.0. The van der Waals surface area contributed by atoms with E-state index in [0.29, 0.717) is 11.8 Å². The van der Waals surface area contributed by atoms with Crippen LogP contribution in [0.15, 0.2) is 127 Å². The average Bonchev–Trinajstić information content (AvgIpc) is 3.66. The standard InChI is InChI=1S/C42H37NS/c1-28(2)30-10-14-32(15-11-30)35-18-21-38-39-22-19-36(33-16-12-31(13-17-33)29(3)4)27-41(39)43(40(38)26-35)25-24-37-20-23-42(44-37)34-8-6-5-7-9-34/h5-29H,1-4H3/b25-24+. The first-order valence-electron chi connectivity index (χ1n) is 15.6. The molecule has 2 heterocycles. The van der Waals surface area contributed by atoms with Crippen LogP contribution in [0.3, 0.4) is 0 Å². The molecule has 5 aromatic carbocycles. The lowest BCUT2D eigenvalue weighted by Crippen LogP contribution is -1.89. The van der Waals surface area contributed by atoms with Crippen LogP contribution >= 0.6 is 11.3 Å². The van der Waals surface area contributed by atoms with Crippen molar-refractivity contribution in [3.05, 3.63) is 143 Å². The largest absolute Gasteiger partial charge is 0.316 e. The summed E-state index contributed by atoms with van der Waals surface area (Å²) in [6.45, 7) is 8.98. The lowest BCUT2D eigenvalue weighted by Gasteiger charge is -2.08. The molecule has 7 aromatic rings. The van der Waals surface area contributed by atoms with Crippen molar-refractivity contribution in [2.45, 2.75) is 39.5 Å². The second kappa shape index (κ2) is 11.8. The third-order valence-electron chi connectivity index (χ3n) is 8.70. The van der Waals surface area contributed by atoms with Crippen LogP contribution in [0.4, 0.5) is 0 Å². The molecule has 0 bridgehead atoms. The van der Waals surface area contributed by atoms with Gasteiger partial charge in [-0.25, -0.2) is 0 Å². The Morgan fingerprint density at radius 2 is 1.00 bits per heavy atom. The fourth-order valence-corrected chi connectivity index (χ4v) is 6.94. The molecule has 0 unspecified atom stereocenters. The van der Waals surface area contributed by atoms with Crippen LogP contribution < -0.4 is 0 Å². The van der Waals surface area contributed by atoms with Crippen LogP contribution in [-0.2, 0) is 0 Å². The molecule has 0 saturated heterocycles. The Morgan fingerprint density at radius 1 is 0.500 bits per heavy atom. The Hall–Kier alpha value is -4.66. The number of thiophene rings is 1. The molecule has 2 aromatic heterocycles. The van der Waals surface area contributed by atoms with E-state index in [1.807, 2.05) is 11.3 Å². The summed E-state index contributed by atoms with van der Waals surface area (Å²) in [5.74, 6) is 1.05. The number of aromatic nitrogens is 1. The summed E-state index contributed by atoms with van der Waals surface area (Å²) in [6.07, 6.45) is 4.51. The molecule has 2 heteroatoms. The van der Waals surface area contributed by atoms with Crippen molar-refractivity contribution in [3.8, 4) is 32.7 Å². The molecule has 7 rings (SSSR count). The number of hydrogen-bond acceptors (Lipinski definition) is 1. The monoisotopic (exact) mass is 587 g/mol. The van der Waals surface area contributed by atoms with Crippen molar-refractivity contribution in [1.29, 1.82) is 0 Å². The quantitative estimate of drug-likeness (QED) is 0.175. The normalized spacial score (nSPS) is 12.0. The van der Waals surface area contributed by atoms with Gasteiger partial charge < -0.3 is 4.57 Å². The van der Waals surface area contributed by atoms with Gasteiger partial charge in [-0.2, -0.15) is 0 Å². The van der Waals surface area contributed by atoms with Gasteiger partial charge in [0.2, 0.25) is 0 Å². The van der Waals surface area contributed by atoms with E-state index < -0.39 is 0 Å². The predicted molar refractivity (Wildman–Crippen MR) is 193 cm³/mol. The van der Waals surface area contributed by atoms with E-state index in [9.17, 15) is 0 Å². The first kappa shape index (κ1) is 28.1. The number of nitrogens with zero attached hydrogens (tertiary/aromatic N) is 1. The van der Waals surface area contributed by atoms with Crippen LogP contribution in [0.2, 0.25) is 0 Å². The average molecular weight is 588 g/mol. The maximum Gasteiger partial charge on any atom is 0.0541 e. The van der Waals surface area contributed by atoms with Crippen molar-refractivity contribution >= 4 is 45.4 Å². The fourth-order valence-electron chi connectivity index (χ4n) is 6.04. The highest BCUT2D eigenvalue weighted by Gasteiger charge is 2.13. The molecule has 0 aliphatic rings. The minimum absolute atomic E-state index is 0.523. The van der Waals surface area contributed by atoms with Crippen LogP contribution in [0.1, 0.15) is 55.5 Å². The molecule has 216 valence electrons. The molecule has 0 spiro atoms. The van der Waals surface area contributed by atoms with Crippen molar-refractivity contribution in [2.24, 2.45) is 0 Å².